The van der Waals surface area contributed by atoms with E-state index in [4.69, 9.17) is 16.3 Å². The lowest BCUT2D eigenvalue weighted by Crippen LogP contribution is -2.18. The van der Waals surface area contributed by atoms with Crippen molar-refractivity contribution in [3.05, 3.63) is 29.3 Å². The minimum absolute atomic E-state index is 0.330. The number of aliphatic hydroxyl groups excluding tert-OH is 1. The van der Waals surface area contributed by atoms with Crippen LogP contribution in [-0.2, 0) is 0 Å². The molecule has 3 heteroatoms. The van der Waals surface area contributed by atoms with E-state index in [1.54, 1.807) is 12.1 Å². The monoisotopic (exact) mass is 270 g/mol. The first-order valence-corrected chi connectivity index (χ1v) is 6.81. The average molecular weight is 271 g/mol. The number of ether oxygens (including phenoxy) is 1. The lowest BCUT2D eigenvalue weighted by molar-refractivity contribution is 0.0950. The standard InChI is InChI=1S/C15H23ClO2/c1-15(2,3)10-4-5-13(17)11-18-14-8-6-12(16)7-9-14/h6-9,13,17H,4-5,10-11H2,1-3H3. The third kappa shape index (κ3) is 6.87. The highest BCUT2D eigenvalue weighted by molar-refractivity contribution is 6.30. The SMILES string of the molecule is CC(C)(C)CCCC(O)COc1ccc(Cl)cc1. The highest BCUT2D eigenvalue weighted by Gasteiger charge is 2.12. The molecule has 0 amide bonds. The van der Waals surface area contributed by atoms with Crippen molar-refractivity contribution in [2.24, 2.45) is 5.41 Å². The number of benzene rings is 1. The van der Waals surface area contributed by atoms with Crippen molar-refractivity contribution in [2.75, 3.05) is 6.61 Å². The summed E-state index contributed by atoms with van der Waals surface area (Å²) in [6.07, 6.45) is 2.52. The minimum atomic E-state index is -0.400. The molecule has 0 bridgehead atoms. The molecule has 1 rings (SSSR count). The maximum atomic E-state index is 9.81. The second kappa shape index (κ2) is 7.01. The smallest absolute Gasteiger partial charge is 0.119 e. The highest BCUT2D eigenvalue weighted by Crippen LogP contribution is 2.22. The minimum Gasteiger partial charge on any atom is -0.491 e. The van der Waals surface area contributed by atoms with Crippen LogP contribution in [0.4, 0.5) is 0 Å². The van der Waals surface area contributed by atoms with Crippen LogP contribution in [0.1, 0.15) is 40.0 Å². The summed E-state index contributed by atoms with van der Waals surface area (Å²) >= 11 is 5.78. The third-order valence-electron chi connectivity index (χ3n) is 2.72. The number of halogens is 1. The van der Waals surface area contributed by atoms with Crippen LogP contribution >= 0.6 is 11.6 Å². The Morgan fingerprint density at radius 3 is 2.39 bits per heavy atom. The van der Waals surface area contributed by atoms with Gasteiger partial charge in [-0.05, 0) is 42.5 Å². The van der Waals surface area contributed by atoms with Gasteiger partial charge in [0.2, 0.25) is 0 Å². The topological polar surface area (TPSA) is 29.5 Å². The number of aliphatic hydroxyl groups is 1. The molecule has 18 heavy (non-hydrogen) atoms. The molecule has 1 atom stereocenters. The van der Waals surface area contributed by atoms with E-state index in [-0.39, 0.29) is 0 Å². The first-order chi connectivity index (χ1) is 8.37. The zero-order valence-corrected chi connectivity index (χ0v) is 12.2. The fraction of sp³-hybridized carbons (Fsp3) is 0.600. The first kappa shape index (κ1) is 15.3. The van der Waals surface area contributed by atoms with Gasteiger partial charge >= 0.3 is 0 Å². The molecule has 0 radical (unpaired) electrons. The van der Waals surface area contributed by atoms with Gasteiger partial charge in [-0.15, -0.1) is 0 Å². The second-order valence-electron chi connectivity index (χ2n) is 5.87. The van der Waals surface area contributed by atoms with Crippen LogP contribution < -0.4 is 4.74 Å². The fourth-order valence-electron chi connectivity index (χ4n) is 1.67. The van der Waals surface area contributed by atoms with Gasteiger partial charge in [-0.2, -0.15) is 0 Å². The van der Waals surface area contributed by atoms with Crippen LogP contribution in [0.5, 0.6) is 5.75 Å². The molecule has 0 fully saturated rings. The lowest BCUT2D eigenvalue weighted by Gasteiger charge is -2.19. The molecule has 0 heterocycles. The van der Waals surface area contributed by atoms with Gasteiger partial charge in [-0.1, -0.05) is 38.8 Å². The summed E-state index contributed by atoms with van der Waals surface area (Å²) in [5.41, 5.74) is 0.330. The molecule has 0 aliphatic heterocycles. The second-order valence-corrected chi connectivity index (χ2v) is 6.31. The molecular weight excluding hydrogens is 248 g/mol. The summed E-state index contributed by atoms with van der Waals surface area (Å²) in [6.45, 7) is 6.97. The highest BCUT2D eigenvalue weighted by atomic mass is 35.5. The molecule has 1 unspecified atom stereocenters. The Morgan fingerprint density at radius 1 is 1.22 bits per heavy atom. The molecule has 0 saturated heterocycles. The first-order valence-electron chi connectivity index (χ1n) is 6.43. The van der Waals surface area contributed by atoms with E-state index in [1.807, 2.05) is 12.1 Å². The summed E-state index contributed by atoms with van der Waals surface area (Å²) in [7, 11) is 0. The van der Waals surface area contributed by atoms with Crippen molar-refractivity contribution >= 4 is 11.6 Å². The largest absolute Gasteiger partial charge is 0.491 e. The summed E-state index contributed by atoms with van der Waals surface area (Å²) in [4.78, 5) is 0. The van der Waals surface area contributed by atoms with E-state index in [0.29, 0.717) is 17.0 Å². The predicted molar refractivity (Wildman–Crippen MR) is 76.3 cm³/mol. The molecule has 0 aliphatic rings. The van der Waals surface area contributed by atoms with Crippen molar-refractivity contribution in [1.82, 2.24) is 0 Å². The normalized spacial score (nSPS) is 13.4. The molecule has 102 valence electrons. The quantitative estimate of drug-likeness (QED) is 0.835. The zero-order chi connectivity index (χ0) is 13.6. The molecule has 0 aliphatic carbocycles. The van der Waals surface area contributed by atoms with Crippen LogP contribution in [0, 0.1) is 5.41 Å². The van der Waals surface area contributed by atoms with Crippen molar-refractivity contribution in [2.45, 2.75) is 46.1 Å². The third-order valence-corrected chi connectivity index (χ3v) is 2.97. The Hall–Kier alpha value is -0.730. The van der Waals surface area contributed by atoms with E-state index >= 15 is 0 Å². The van der Waals surface area contributed by atoms with Gasteiger partial charge in [-0.25, -0.2) is 0 Å². The molecule has 0 saturated carbocycles. The number of rotatable bonds is 6. The predicted octanol–water partition coefficient (Wildman–Crippen LogP) is 4.30. The molecule has 1 aromatic carbocycles. The fourth-order valence-corrected chi connectivity index (χ4v) is 1.80. The van der Waals surface area contributed by atoms with Crippen molar-refractivity contribution in [1.29, 1.82) is 0 Å². The van der Waals surface area contributed by atoms with Gasteiger partial charge in [0.25, 0.3) is 0 Å². The van der Waals surface area contributed by atoms with E-state index in [9.17, 15) is 5.11 Å². The summed E-state index contributed by atoms with van der Waals surface area (Å²) in [6, 6.07) is 7.18. The Balaban J connectivity index is 2.21. The molecule has 0 aromatic heterocycles. The Bertz CT molecular complexity index is 341. The lowest BCUT2D eigenvalue weighted by atomic mass is 9.89. The van der Waals surface area contributed by atoms with Crippen LogP contribution in [0.3, 0.4) is 0 Å². The van der Waals surface area contributed by atoms with Gasteiger partial charge < -0.3 is 9.84 Å². The summed E-state index contributed by atoms with van der Waals surface area (Å²) in [5.74, 6) is 0.745. The van der Waals surface area contributed by atoms with Crippen LogP contribution in [0.2, 0.25) is 5.02 Å². The molecule has 1 N–H and O–H groups in total. The maximum Gasteiger partial charge on any atom is 0.119 e. The van der Waals surface area contributed by atoms with E-state index in [0.717, 1.165) is 25.0 Å². The van der Waals surface area contributed by atoms with Crippen LogP contribution in [0.25, 0.3) is 0 Å². The van der Waals surface area contributed by atoms with Crippen molar-refractivity contribution in [3.63, 3.8) is 0 Å². The molecule has 2 nitrogen and oxygen atoms in total. The van der Waals surface area contributed by atoms with Gasteiger partial charge in [0.1, 0.15) is 12.4 Å². The Kier molecular flexibility index (Phi) is 5.97. The average Bonchev–Trinajstić information content (AvgIpc) is 2.26. The molecule has 0 spiro atoms. The molecular formula is C15H23ClO2. The maximum absolute atomic E-state index is 9.81. The Morgan fingerprint density at radius 2 is 1.83 bits per heavy atom. The summed E-state index contributed by atoms with van der Waals surface area (Å²) in [5, 5.41) is 10.5. The van der Waals surface area contributed by atoms with Crippen molar-refractivity contribution < 1.29 is 9.84 Å². The van der Waals surface area contributed by atoms with Crippen molar-refractivity contribution in [3.8, 4) is 5.75 Å². The van der Waals surface area contributed by atoms with Crippen LogP contribution in [0.15, 0.2) is 24.3 Å². The van der Waals surface area contributed by atoms with E-state index in [1.165, 1.54) is 0 Å². The number of hydrogen-bond acceptors (Lipinski definition) is 2. The van der Waals surface area contributed by atoms with Gasteiger partial charge in [0, 0.05) is 5.02 Å². The number of hydrogen-bond donors (Lipinski definition) is 1. The zero-order valence-electron chi connectivity index (χ0n) is 11.4. The van der Waals surface area contributed by atoms with Gasteiger partial charge in [-0.3, -0.25) is 0 Å². The van der Waals surface area contributed by atoms with E-state index < -0.39 is 6.10 Å². The van der Waals surface area contributed by atoms with Gasteiger partial charge in [0.05, 0.1) is 6.10 Å². The summed E-state index contributed by atoms with van der Waals surface area (Å²) < 4.78 is 5.50. The molecule has 1 aromatic rings. The van der Waals surface area contributed by atoms with E-state index in [2.05, 4.69) is 20.8 Å². The van der Waals surface area contributed by atoms with Crippen LogP contribution in [-0.4, -0.2) is 17.8 Å². The Labute approximate surface area is 115 Å². The van der Waals surface area contributed by atoms with Gasteiger partial charge in [0.15, 0.2) is 0 Å².